The van der Waals surface area contributed by atoms with Crippen molar-refractivity contribution in [2.24, 2.45) is 0 Å². The molecule has 0 spiro atoms. The van der Waals surface area contributed by atoms with E-state index in [1.807, 2.05) is 0 Å². The zero-order valence-electron chi connectivity index (χ0n) is 9.10. The molecule has 2 heterocycles. The summed E-state index contributed by atoms with van der Waals surface area (Å²) in [4.78, 5) is 25.5. The van der Waals surface area contributed by atoms with Gasteiger partial charge in [-0.25, -0.2) is 9.78 Å². The standard InChI is InChI=1S/C10H13N3O3S/c14-8-2-1-6(12-8)3-11-4-7-5-17-9(13-7)10(15)16/h5-6,11H,1-4H2,(H,12,14)(H,15,16). The summed E-state index contributed by atoms with van der Waals surface area (Å²) in [6.07, 6.45) is 1.44. The van der Waals surface area contributed by atoms with Crippen molar-refractivity contribution in [2.45, 2.75) is 25.4 Å². The lowest BCUT2D eigenvalue weighted by Gasteiger charge is -2.09. The van der Waals surface area contributed by atoms with E-state index in [1.54, 1.807) is 5.38 Å². The SMILES string of the molecule is O=C1CCC(CNCc2csc(C(=O)O)n2)N1. The summed E-state index contributed by atoms with van der Waals surface area (Å²) in [6.45, 7) is 1.21. The molecule has 1 saturated heterocycles. The fraction of sp³-hybridized carbons (Fsp3) is 0.500. The number of carboxylic acids is 1. The molecule has 1 aliphatic rings. The molecule has 0 saturated carbocycles. The topological polar surface area (TPSA) is 91.3 Å². The fourth-order valence-electron chi connectivity index (χ4n) is 1.69. The molecular weight excluding hydrogens is 242 g/mol. The van der Waals surface area contributed by atoms with E-state index in [0.717, 1.165) is 23.5 Å². The summed E-state index contributed by atoms with van der Waals surface area (Å²) in [6, 6.07) is 0.181. The van der Waals surface area contributed by atoms with Crippen LogP contribution in [0.4, 0.5) is 0 Å². The number of thiazole rings is 1. The predicted molar refractivity (Wildman–Crippen MR) is 61.9 cm³/mol. The van der Waals surface area contributed by atoms with Gasteiger partial charge in [0.15, 0.2) is 0 Å². The van der Waals surface area contributed by atoms with Crippen LogP contribution in [-0.2, 0) is 11.3 Å². The number of nitrogens with zero attached hydrogens (tertiary/aromatic N) is 1. The summed E-state index contributed by atoms with van der Waals surface area (Å²) < 4.78 is 0. The Morgan fingerprint density at radius 1 is 1.71 bits per heavy atom. The smallest absolute Gasteiger partial charge is 0.365 e. The van der Waals surface area contributed by atoms with Crippen molar-refractivity contribution >= 4 is 23.2 Å². The Morgan fingerprint density at radius 2 is 2.53 bits per heavy atom. The van der Waals surface area contributed by atoms with Crippen LogP contribution in [0.2, 0.25) is 0 Å². The lowest BCUT2D eigenvalue weighted by molar-refractivity contribution is -0.119. The lowest BCUT2D eigenvalue weighted by atomic mass is 10.2. The highest BCUT2D eigenvalue weighted by Gasteiger charge is 2.19. The second-order valence-corrected chi connectivity index (χ2v) is 4.74. The van der Waals surface area contributed by atoms with Gasteiger partial charge in [0.05, 0.1) is 5.69 Å². The average molecular weight is 255 g/mol. The van der Waals surface area contributed by atoms with E-state index in [0.29, 0.717) is 19.5 Å². The van der Waals surface area contributed by atoms with Gasteiger partial charge in [0, 0.05) is 30.9 Å². The van der Waals surface area contributed by atoms with Gasteiger partial charge in [0.2, 0.25) is 10.9 Å². The third kappa shape index (κ3) is 3.24. The van der Waals surface area contributed by atoms with E-state index < -0.39 is 5.97 Å². The average Bonchev–Trinajstić information content (AvgIpc) is 2.88. The Bertz CT molecular complexity index is 432. The molecular formula is C10H13N3O3S. The molecule has 1 atom stereocenters. The van der Waals surface area contributed by atoms with Crippen molar-refractivity contribution in [1.82, 2.24) is 15.6 Å². The first kappa shape index (κ1) is 12.0. The second kappa shape index (κ2) is 5.24. The second-order valence-electron chi connectivity index (χ2n) is 3.88. The van der Waals surface area contributed by atoms with E-state index >= 15 is 0 Å². The van der Waals surface area contributed by atoms with Gasteiger partial charge in [-0.2, -0.15) is 0 Å². The van der Waals surface area contributed by atoms with E-state index in [4.69, 9.17) is 5.11 Å². The summed E-state index contributed by atoms with van der Waals surface area (Å²) in [5, 5.41) is 16.5. The quantitative estimate of drug-likeness (QED) is 0.699. The van der Waals surface area contributed by atoms with Gasteiger partial charge >= 0.3 is 5.97 Å². The van der Waals surface area contributed by atoms with E-state index in [2.05, 4.69) is 15.6 Å². The van der Waals surface area contributed by atoms with Gasteiger partial charge in [0.25, 0.3) is 0 Å². The molecule has 2 rings (SSSR count). The minimum absolute atomic E-state index is 0.0959. The Kier molecular flexibility index (Phi) is 3.70. The van der Waals surface area contributed by atoms with Crippen LogP contribution in [0.5, 0.6) is 0 Å². The van der Waals surface area contributed by atoms with Crippen molar-refractivity contribution in [3.63, 3.8) is 0 Å². The maximum Gasteiger partial charge on any atom is 0.365 e. The Morgan fingerprint density at radius 3 is 3.12 bits per heavy atom. The first-order valence-corrected chi connectivity index (χ1v) is 6.21. The first-order chi connectivity index (χ1) is 8.15. The number of amides is 1. The van der Waals surface area contributed by atoms with Gasteiger partial charge in [0.1, 0.15) is 0 Å². The number of rotatable bonds is 5. The van der Waals surface area contributed by atoms with Crippen molar-refractivity contribution in [2.75, 3.05) is 6.54 Å². The molecule has 1 amide bonds. The van der Waals surface area contributed by atoms with Crippen LogP contribution in [0.1, 0.15) is 28.3 Å². The number of aromatic carboxylic acids is 1. The monoisotopic (exact) mass is 255 g/mol. The van der Waals surface area contributed by atoms with Gasteiger partial charge in [-0.1, -0.05) is 0 Å². The maximum atomic E-state index is 11.0. The summed E-state index contributed by atoms with van der Waals surface area (Å²) in [5.41, 5.74) is 0.719. The van der Waals surface area contributed by atoms with Crippen LogP contribution in [0, 0.1) is 0 Å². The van der Waals surface area contributed by atoms with E-state index in [1.165, 1.54) is 0 Å². The minimum atomic E-state index is -0.996. The van der Waals surface area contributed by atoms with E-state index in [-0.39, 0.29) is 17.0 Å². The molecule has 1 aromatic heterocycles. The number of hydrogen-bond acceptors (Lipinski definition) is 5. The number of carbonyl (C=O) groups is 2. The minimum Gasteiger partial charge on any atom is -0.476 e. The fourth-order valence-corrected chi connectivity index (χ4v) is 2.35. The van der Waals surface area contributed by atoms with Gasteiger partial charge in [-0.15, -0.1) is 11.3 Å². The van der Waals surface area contributed by atoms with Gasteiger partial charge < -0.3 is 15.7 Å². The van der Waals surface area contributed by atoms with Crippen LogP contribution in [0.15, 0.2) is 5.38 Å². The molecule has 1 fully saturated rings. The van der Waals surface area contributed by atoms with Crippen molar-refractivity contribution < 1.29 is 14.7 Å². The normalized spacial score (nSPS) is 19.3. The summed E-state index contributed by atoms with van der Waals surface area (Å²) in [7, 11) is 0. The first-order valence-electron chi connectivity index (χ1n) is 5.33. The van der Waals surface area contributed by atoms with E-state index in [9.17, 15) is 9.59 Å². The molecule has 92 valence electrons. The largest absolute Gasteiger partial charge is 0.476 e. The van der Waals surface area contributed by atoms with Gasteiger partial charge in [-0.05, 0) is 6.42 Å². The Labute approximate surface area is 102 Å². The molecule has 0 radical (unpaired) electrons. The van der Waals surface area contributed by atoms with Crippen LogP contribution >= 0.6 is 11.3 Å². The number of carbonyl (C=O) groups excluding carboxylic acids is 1. The molecule has 17 heavy (non-hydrogen) atoms. The molecule has 0 aliphatic carbocycles. The van der Waals surface area contributed by atoms with Crippen molar-refractivity contribution in [1.29, 1.82) is 0 Å². The Hall–Kier alpha value is -1.47. The zero-order chi connectivity index (χ0) is 12.3. The molecule has 1 aromatic rings. The molecule has 0 bridgehead atoms. The molecule has 1 unspecified atom stereocenters. The lowest BCUT2D eigenvalue weighted by Crippen LogP contribution is -2.35. The predicted octanol–water partition coefficient (Wildman–Crippen LogP) is 0.210. The summed E-state index contributed by atoms with van der Waals surface area (Å²) in [5.74, 6) is -0.900. The summed E-state index contributed by atoms with van der Waals surface area (Å²) >= 11 is 1.12. The third-order valence-electron chi connectivity index (χ3n) is 2.52. The van der Waals surface area contributed by atoms with Crippen LogP contribution in [-0.4, -0.2) is 34.6 Å². The highest BCUT2D eigenvalue weighted by Crippen LogP contribution is 2.10. The molecule has 3 N–H and O–H groups in total. The molecule has 0 aromatic carbocycles. The number of hydrogen-bond donors (Lipinski definition) is 3. The van der Waals surface area contributed by atoms with Gasteiger partial charge in [-0.3, -0.25) is 4.79 Å². The molecule has 6 nitrogen and oxygen atoms in total. The number of carboxylic acid groups (broad SMARTS) is 1. The van der Waals surface area contributed by atoms with Crippen LogP contribution < -0.4 is 10.6 Å². The highest BCUT2D eigenvalue weighted by molar-refractivity contribution is 7.11. The van der Waals surface area contributed by atoms with Crippen molar-refractivity contribution in [3.05, 3.63) is 16.1 Å². The van der Waals surface area contributed by atoms with Crippen LogP contribution in [0.3, 0.4) is 0 Å². The zero-order valence-corrected chi connectivity index (χ0v) is 9.92. The van der Waals surface area contributed by atoms with Crippen LogP contribution in [0.25, 0.3) is 0 Å². The number of aromatic nitrogens is 1. The molecule has 7 heteroatoms. The molecule has 1 aliphatic heterocycles. The maximum absolute atomic E-state index is 11.0. The van der Waals surface area contributed by atoms with Crippen molar-refractivity contribution in [3.8, 4) is 0 Å². The number of nitrogens with one attached hydrogen (secondary N) is 2. The third-order valence-corrected chi connectivity index (χ3v) is 3.40. The Balaban J connectivity index is 1.74. The highest BCUT2D eigenvalue weighted by atomic mass is 32.1.